The molecule has 3 heterocycles. The number of hydrogen-bond donors (Lipinski definition) is 1. The van der Waals surface area contributed by atoms with Crippen LogP contribution in [0, 0.1) is 0 Å². The van der Waals surface area contributed by atoms with E-state index in [2.05, 4.69) is 5.10 Å². The lowest BCUT2D eigenvalue weighted by molar-refractivity contribution is -0.207. The van der Waals surface area contributed by atoms with Crippen molar-refractivity contribution >= 4 is 40.3 Å². The van der Waals surface area contributed by atoms with E-state index in [1.165, 1.54) is 36.4 Å². The van der Waals surface area contributed by atoms with Gasteiger partial charge in [-0.15, -0.1) is 0 Å². The van der Waals surface area contributed by atoms with Gasteiger partial charge in [0.2, 0.25) is 11.2 Å². The first-order valence-corrected chi connectivity index (χ1v) is 9.80. The van der Waals surface area contributed by atoms with Crippen LogP contribution in [0.25, 0.3) is 0 Å². The van der Waals surface area contributed by atoms with Crippen LogP contribution in [-0.2, 0) is 5.54 Å². The van der Waals surface area contributed by atoms with E-state index in [-0.39, 0.29) is 29.5 Å². The number of alkyl halides is 6. The van der Waals surface area contributed by atoms with E-state index in [0.29, 0.717) is 5.02 Å². The molecule has 0 amide bonds. The van der Waals surface area contributed by atoms with E-state index in [1.807, 2.05) is 5.43 Å². The van der Waals surface area contributed by atoms with Crippen molar-refractivity contribution in [2.75, 3.05) is 22.9 Å². The van der Waals surface area contributed by atoms with Crippen LogP contribution >= 0.6 is 23.2 Å². The van der Waals surface area contributed by atoms with E-state index < -0.39 is 34.8 Å². The summed E-state index contributed by atoms with van der Waals surface area (Å²) >= 11 is 11.9. The SMILES string of the molecule is FC(F)(F)C1=NN[C@]2(C(F)(F)F)c3cc(Cl)ccc3N3CCN(c4ccc(Cl)cc4)[C@]132. The van der Waals surface area contributed by atoms with Crippen molar-refractivity contribution < 1.29 is 26.3 Å². The average Bonchev–Trinajstić information content (AvgIpc) is 3.28. The minimum atomic E-state index is -5.16. The summed E-state index contributed by atoms with van der Waals surface area (Å²) in [5.41, 5.74) is -5.88. The first-order valence-electron chi connectivity index (χ1n) is 9.05. The highest BCUT2D eigenvalue weighted by Gasteiger charge is 2.85. The number of anilines is 2. The Kier molecular flexibility index (Phi) is 4.07. The normalized spacial score (nSPS) is 27.0. The van der Waals surface area contributed by atoms with Crippen LogP contribution in [0.3, 0.4) is 0 Å². The topological polar surface area (TPSA) is 30.9 Å². The van der Waals surface area contributed by atoms with Gasteiger partial charge in [-0.3, -0.25) is 5.43 Å². The number of halogens is 8. The lowest BCUT2D eigenvalue weighted by Crippen LogP contribution is -2.74. The van der Waals surface area contributed by atoms with Gasteiger partial charge in [0.15, 0.2) is 5.71 Å². The molecule has 1 fully saturated rings. The van der Waals surface area contributed by atoms with Crippen LogP contribution in [0.4, 0.5) is 37.7 Å². The average molecular weight is 481 g/mol. The number of nitrogens with zero attached hydrogens (tertiary/aromatic N) is 3. The Bertz CT molecular complexity index is 1100. The van der Waals surface area contributed by atoms with Gasteiger partial charge < -0.3 is 9.80 Å². The Hall–Kier alpha value is -2.33. The minimum Gasteiger partial charge on any atom is -0.339 e. The van der Waals surface area contributed by atoms with Crippen molar-refractivity contribution in [1.82, 2.24) is 5.43 Å². The molecule has 1 spiro atoms. The molecule has 4 nitrogen and oxygen atoms in total. The number of nitrogens with one attached hydrogen (secondary N) is 1. The molecule has 3 aliphatic rings. The van der Waals surface area contributed by atoms with Crippen molar-refractivity contribution in [2.24, 2.45) is 5.10 Å². The van der Waals surface area contributed by atoms with Gasteiger partial charge in [-0.05, 0) is 42.5 Å². The zero-order chi connectivity index (χ0) is 22.4. The van der Waals surface area contributed by atoms with Gasteiger partial charge in [0.25, 0.3) is 0 Å². The molecule has 0 bridgehead atoms. The van der Waals surface area contributed by atoms with Crippen molar-refractivity contribution in [2.45, 2.75) is 23.6 Å². The third-order valence-electron chi connectivity index (χ3n) is 6.00. The zero-order valence-corrected chi connectivity index (χ0v) is 16.8. The van der Waals surface area contributed by atoms with Crippen LogP contribution in [0.2, 0.25) is 10.0 Å². The largest absolute Gasteiger partial charge is 0.435 e. The van der Waals surface area contributed by atoms with E-state index in [4.69, 9.17) is 23.2 Å². The zero-order valence-electron chi connectivity index (χ0n) is 15.3. The Morgan fingerprint density at radius 1 is 0.871 bits per heavy atom. The van der Waals surface area contributed by atoms with E-state index in [0.717, 1.165) is 15.9 Å². The molecule has 2 aromatic carbocycles. The predicted octanol–water partition coefficient (Wildman–Crippen LogP) is 5.31. The molecular formula is C19H12Cl2F6N4. The molecule has 5 rings (SSSR count). The lowest BCUT2D eigenvalue weighted by Gasteiger charge is -2.48. The molecule has 164 valence electrons. The van der Waals surface area contributed by atoms with Crippen LogP contribution in [-0.4, -0.2) is 36.8 Å². The summed E-state index contributed by atoms with van der Waals surface area (Å²) < 4.78 is 87.2. The third kappa shape index (κ3) is 2.37. The van der Waals surface area contributed by atoms with Gasteiger partial charge in [0, 0.05) is 40.1 Å². The fourth-order valence-corrected chi connectivity index (χ4v) is 5.30. The lowest BCUT2D eigenvalue weighted by atomic mass is 9.77. The molecular weight excluding hydrogens is 469 g/mol. The smallest absolute Gasteiger partial charge is 0.339 e. The highest BCUT2D eigenvalue weighted by molar-refractivity contribution is 6.31. The van der Waals surface area contributed by atoms with E-state index >= 15 is 0 Å². The number of fused-ring (bicyclic) bond motifs is 3. The molecule has 3 aliphatic heterocycles. The minimum absolute atomic E-state index is 0.0161. The quantitative estimate of drug-likeness (QED) is 0.561. The second kappa shape index (κ2) is 6.13. The first-order chi connectivity index (χ1) is 14.4. The Morgan fingerprint density at radius 2 is 1.48 bits per heavy atom. The summed E-state index contributed by atoms with van der Waals surface area (Å²) in [6.07, 6.45) is -10.3. The summed E-state index contributed by atoms with van der Waals surface area (Å²) in [4.78, 5) is 2.21. The van der Waals surface area contributed by atoms with Gasteiger partial charge in [0.1, 0.15) is 0 Å². The van der Waals surface area contributed by atoms with Crippen molar-refractivity contribution in [3.05, 3.63) is 58.1 Å². The molecule has 1 saturated heterocycles. The maximum atomic E-state index is 14.8. The molecule has 31 heavy (non-hydrogen) atoms. The summed E-state index contributed by atoms with van der Waals surface area (Å²) in [5.74, 6) is 0. The first kappa shape index (κ1) is 20.6. The van der Waals surface area contributed by atoms with Crippen LogP contribution in [0.5, 0.6) is 0 Å². The summed E-state index contributed by atoms with van der Waals surface area (Å²) in [6, 6.07) is 9.33. The Labute approximate surface area is 182 Å². The highest BCUT2D eigenvalue weighted by Crippen LogP contribution is 2.64. The van der Waals surface area contributed by atoms with Crippen molar-refractivity contribution in [3.63, 3.8) is 0 Å². The standard InChI is InChI=1S/C19H12Cl2F6N4/c20-10-1-4-12(5-2-10)30-7-8-31-14-6-3-11(21)9-13(14)16(19(25,26)27)17(30,31)15(28-29-16)18(22,23)24/h1-6,9,29H,7-8H2/t16-,17-/m1/s1. The Morgan fingerprint density at radius 3 is 2.10 bits per heavy atom. The second-order valence-corrected chi connectivity index (χ2v) is 8.30. The molecule has 0 saturated carbocycles. The van der Waals surface area contributed by atoms with Gasteiger partial charge in [-0.25, -0.2) is 0 Å². The Balaban J connectivity index is 1.87. The van der Waals surface area contributed by atoms with E-state index in [1.54, 1.807) is 0 Å². The number of benzene rings is 2. The van der Waals surface area contributed by atoms with Crippen molar-refractivity contribution in [1.29, 1.82) is 0 Å². The fraction of sp³-hybridized carbons (Fsp3) is 0.316. The molecule has 1 N–H and O–H groups in total. The second-order valence-electron chi connectivity index (χ2n) is 7.43. The van der Waals surface area contributed by atoms with Crippen LogP contribution in [0.15, 0.2) is 47.6 Å². The monoisotopic (exact) mass is 480 g/mol. The molecule has 2 aromatic rings. The summed E-state index contributed by atoms with van der Waals surface area (Å²) in [7, 11) is 0. The van der Waals surface area contributed by atoms with Crippen LogP contribution in [0.1, 0.15) is 5.56 Å². The van der Waals surface area contributed by atoms with Gasteiger partial charge in [-0.1, -0.05) is 23.2 Å². The maximum absolute atomic E-state index is 14.8. The van der Waals surface area contributed by atoms with Gasteiger partial charge in [-0.2, -0.15) is 31.4 Å². The van der Waals surface area contributed by atoms with Crippen LogP contribution < -0.4 is 15.2 Å². The maximum Gasteiger partial charge on any atom is 0.435 e. The molecule has 0 radical (unpaired) electrons. The van der Waals surface area contributed by atoms with Crippen molar-refractivity contribution in [3.8, 4) is 0 Å². The summed E-state index contributed by atoms with van der Waals surface area (Å²) in [5, 5.41) is 3.53. The highest BCUT2D eigenvalue weighted by atomic mass is 35.5. The van der Waals surface area contributed by atoms with E-state index in [9.17, 15) is 26.3 Å². The van der Waals surface area contributed by atoms with Gasteiger partial charge >= 0.3 is 12.4 Å². The predicted molar refractivity (Wildman–Crippen MR) is 105 cm³/mol. The fourth-order valence-electron chi connectivity index (χ4n) is 5.00. The third-order valence-corrected chi connectivity index (χ3v) is 6.49. The number of hydrogen-bond acceptors (Lipinski definition) is 4. The molecule has 0 aliphatic carbocycles. The molecule has 2 atom stereocenters. The molecule has 12 heteroatoms. The molecule has 0 unspecified atom stereocenters. The van der Waals surface area contributed by atoms with Gasteiger partial charge in [0.05, 0.1) is 0 Å². The number of hydrazone groups is 1. The molecule has 0 aromatic heterocycles. The number of rotatable bonds is 1. The summed E-state index contributed by atoms with van der Waals surface area (Å²) in [6.45, 7) is -0.190.